The molecule has 0 atom stereocenters. The Morgan fingerprint density at radius 1 is 1.12 bits per heavy atom. The number of pyridine rings is 1. The van der Waals surface area contributed by atoms with Gasteiger partial charge in [-0.1, -0.05) is 17.7 Å². The van der Waals surface area contributed by atoms with Crippen LogP contribution in [0, 0.1) is 0 Å². The van der Waals surface area contributed by atoms with Gasteiger partial charge in [0.05, 0.1) is 12.1 Å². The van der Waals surface area contributed by atoms with Crippen LogP contribution in [0.15, 0.2) is 47.3 Å². The van der Waals surface area contributed by atoms with E-state index in [2.05, 4.69) is 15.2 Å². The van der Waals surface area contributed by atoms with E-state index in [9.17, 15) is 4.79 Å². The number of ether oxygens (including phenoxy) is 2. The summed E-state index contributed by atoms with van der Waals surface area (Å²) in [6.45, 7) is 2.80. The van der Waals surface area contributed by atoms with Crippen molar-refractivity contribution in [2.75, 3.05) is 45.7 Å². The Bertz CT molecular complexity index is 1200. The third-order valence-corrected chi connectivity index (χ3v) is 5.72. The van der Waals surface area contributed by atoms with Crippen molar-refractivity contribution >= 4 is 45.5 Å². The SMILES string of the molecule is CN(C)CCN(Cc1cc2cc3c(cc2[nH]c1=O)OCCO3)C(=S)Nc1cccc(Cl)c1. The number of nitrogens with one attached hydrogen (secondary N) is 2. The van der Waals surface area contributed by atoms with Crippen molar-refractivity contribution < 1.29 is 9.47 Å². The summed E-state index contributed by atoms with van der Waals surface area (Å²) in [5.74, 6) is 1.33. The number of H-pyrrole nitrogens is 1. The second-order valence-electron chi connectivity index (χ2n) is 7.87. The average Bonchev–Trinajstić information content (AvgIpc) is 2.75. The monoisotopic (exact) mass is 472 g/mol. The highest BCUT2D eigenvalue weighted by Gasteiger charge is 2.17. The molecule has 168 valence electrons. The van der Waals surface area contributed by atoms with Crippen molar-refractivity contribution in [3.63, 3.8) is 0 Å². The summed E-state index contributed by atoms with van der Waals surface area (Å²) in [5.41, 5.74) is 1.97. The van der Waals surface area contributed by atoms with Crippen LogP contribution >= 0.6 is 23.8 Å². The van der Waals surface area contributed by atoms with Crippen LogP contribution in [0.5, 0.6) is 11.5 Å². The van der Waals surface area contributed by atoms with Gasteiger partial charge >= 0.3 is 0 Å². The Hall–Kier alpha value is -2.81. The quantitative estimate of drug-likeness (QED) is 0.530. The average molecular weight is 473 g/mol. The van der Waals surface area contributed by atoms with Crippen LogP contribution in [0.25, 0.3) is 10.9 Å². The molecule has 0 amide bonds. The lowest BCUT2D eigenvalue weighted by Gasteiger charge is -2.27. The van der Waals surface area contributed by atoms with Gasteiger partial charge in [-0.25, -0.2) is 0 Å². The van der Waals surface area contributed by atoms with E-state index >= 15 is 0 Å². The molecule has 0 unspecified atom stereocenters. The zero-order valence-corrected chi connectivity index (χ0v) is 19.6. The number of nitrogens with zero attached hydrogens (tertiary/aromatic N) is 2. The van der Waals surface area contributed by atoms with E-state index < -0.39 is 0 Å². The van der Waals surface area contributed by atoms with Gasteiger partial charge in [0.25, 0.3) is 5.56 Å². The number of rotatable bonds is 6. The smallest absolute Gasteiger partial charge is 0.253 e. The van der Waals surface area contributed by atoms with Crippen molar-refractivity contribution in [3.8, 4) is 11.5 Å². The first-order valence-electron chi connectivity index (χ1n) is 10.3. The molecule has 2 aromatic carbocycles. The van der Waals surface area contributed by atoms with E-state index in [1.165, 1.54) is 0 Å². The van der Waals surface area contributed by atoms with Gasteiger partial charge in [0.2, 0.25) is 0 Å². The van der Waals surface area contributed by atoms with Crippen LogP contribution in [0.2, 0.25) is 5.02 Å². The van der Waals surface area contributed by atoms with Crippen molar-refractivity contribution in [1.82, 2.24) is 14.8 Å². The molecule has 4 rings (SSSR count). The summed E-state index contributed by atoms with van der Waals surface area (Å²) in [4.78, 5) is 19.9. The lowest BCUT2D eigenvalue weighted by molar-refractivity contribution is 0.172. The number of thiocarbonyl (C=S) groups is 1. The molecular weight excluding hydrogens is 448 g/mol. The minimum absolute atomic E-state index is 0.158. The lowest BCUT2D eigenvalue weighted by atomic mass is 10.1. The molecule has 1 aromatic heterocycles. The first-order valence-corrected chi connectivity index (χ1v) is 11.1. The largest absolute Gasteiger partial charge is 0.486 e. The van der Waals surface area contributed by atoms with E-state index in [-0.39, 0.29) is 5.56 Å². The fraction of sp³-hybridized carbons (Fsp3) is 0.304. The molecule has 32 heavy (non-hydrogen) atoms. The van der Waals surface area contributed by atoms with Crippen LogP contribution in [0.1, 0.15) is 5.56 Å². The molecule has 0 saturated carbocycles. The molecule has 0 aliphatic carbocycles. The van der Waals surface area contributed by atoms with Gasteiger partial charge in [-0.2, -0.15) is 0 Å². The van der Waals surface area contributed by atoms with Crippen LogP contribution in [0.4, 0.5) is 5.69 Å². The Kier molecular flexibility index (Phi) is 6.83. The highest BCUT2D eigenvalue weighted by Crippen LogP contribution is 2.33. The van der Waals surface area contributed by atoms with E-state index in [0.29, 0.717) is 59.0 Å². The van der Waals surface area contributed by atoms with Crippen molar-refractivity contribution in [2.24, 2.45) is 0 Å². The molecule has 1 aliphatic heterocycles. The molecule has 0 saturated heterocycles. The fourth-order valence-electron chi connectivity index (χ4n) is 3.45. The van der Waals surface area contributed by atoms with Gasteiger partial charge in [-0.3, -0.25) is 4.79 Å². The second-order valence-corrected chi connectivity index (χ2v) is 8.70. The fourth-order valence-corrected chi connectivity index (χ4v) is 3.92. The number of hydrogen-bond donors (Lipinski definition) is 2. The molecule has 2 N–H and O–H groups in total. The Morgan fingerprint density at radius 3 is 2.59 bits per heavy atom. The van der Waals surface area contributed by atoms with Gasteiger partial charge < -0.3 is 29.6 Å². The van der Waals surface area contributed by atoms with Gasteiger partial charge in [0.1, 0.15) is 13.2 Å². The molecular formula is C23H25ClN4O3S. The minimum atomic E-state index is -0.158. The number of hydrogen-bond acceptors (Lipinski definition) is 5. The number of likely N-dealkylation sites (N-methyl/N-ethyl adjacent to an activating group) is 1. The minimum Gasteiger partial charge on any atom is -0.486 e. The summed E-state index contributed by atoms with van der Waals surface area (Å²) >= 11 is 11.8. The number of fused-ring (bicyclic) bond motifs is 2. The zero-order chi connectivity index (χ0) is 22.7. The Morgan fingerprint density at radius 2 is 1.88 bits per heavy atom. The zero-order valence-electron chi connectivity index (χ0n) is 18.0. The predicted molar refractivity (Wildman–Crippen MR) is 132 cm³/mol. The van der Waals surface area contributed by atoms with Crippen molar-refractivity contribution in [2.45, 2.75) is 6.54 Å². The molecule has 0 spiro atoms. The molecule has 2 heterocycles. The molecule has 7 nitrogen and oxygen atoms in total. The van der Waals surface area contributed by atoms with Gasteiger partial charge in [0, 0.05) is 40.8 Å². The number of halogens is 1. The molecule has 0 bridgehead atoms. The van der Waals surface area contributed by atoms with Gasteiger partial charge in [-0.15, -0.1) is 0 Å². The summed E-state index contributed by atoms with van der Waals surface area (Å²) < 4.78 is 11.3. The number of aromatic nitrogens is 1. The van der Waals surface area contributed by atoms with E-state index in [1.807, 2.05) is 61.5 Å². The number of aromatic amines is 1. The van der Waals surface area contributed by atoms with E-state index in [0.717, 1.165) is 17.6 Å². The second kappa shape index (κ2) is 9.77. The Balaban J connectivity index is 1.60. The lowest BCUT2D eigenvalue weighted by Crippen LogP contribution is -2.40. The summed E-state index contributed by atoms with van der Waals surface area (Å²) in [6, 6.07) is 13.0. The maximum absolute atomic E-state index is 12.9. The highest BCUT2D eigenvalue weighted by molar-refractivity contribution is 7.80. The topological polar surface area (TPSA) is 69.8 Å². The van der Waals surface area contributed by atoms with Crippen LogP contribution in [-0.2, 0) is 6.54 Å². The van der Waals surface area contributed by atoms with Crippen molar-refractivity contribution in [1.29, 1.82) is 0 Å². The predicted octanol–water partition coefficient (Wildman–Crippen LogP) is 3.71. The third-order valence-electron chi connectivity index (χ3n) is 5.13. The van der Waals surface area contributed by atoms with E-state index in [4.69, 9.17) is 33.3 Å². The Labute approximate surface area is 196 Å². The number of anilines is 1. The van der Waals surface area contributed by atoms with Crippen molar-refractivity contribution in [3.05, 3.63) is 63.4 Å². The standard InChI is InChI=1S/C23H25ClN4O3S/c1-27(2)6-7-28(23(32)25-18-5-3-4-17(24)12-18)14-16-10-15-11-20-21(31-9-8-30-20)13-19(15)26-22(16)29/h3-5,10-13H,6-9,14H2,1-2H3,(H,25,32)(H,26,29). The maximum atomic E-state index is 12.9. The number of benzene rings is 2. The molecule has 3 aromatic rings. The van der Waals surface area contributed by atoms with E-state index in [1.54, 1.807) is 0 Å². The summed E-state index contributed by atoms with van der Waals surface area (Å²) in [5, 5.41) is 5.26. The van der Waals surface area contributed by atoms with Crippen LogP contribution in [0.3, 0.4) is 0 Å². The molecule has 0 radical (unpaired) electrons. The molecule has 1 aliphatic rings. The first kappa shape index (κ1) is 22.4. The first-order chi connectivity index (χ1) is 15.4. The normalized spacial score (nSPS) is 12.8. The van der Waals surface area contributed by atoms with Crippen LogP contribution in [-0.4, -0.2) is 60.3 Å². The van der Waals surface area contributed by atoms with Crippen LogP contribution < -0.4 is 20.3 Å². The maximum Gasteiger partial charge on any atom is 0.253 e. The molecule has 9 heteroatoms. The molecule has 0 fully saturated rings. The summed E-state index contributed by atoms with van der Waals surface area (Å²) in [6.07, 6.45) is 0. The highest BCUT2D eigenvalue weighted by atomic mass is 35.5. The summed E-state index contributed by atoms with van der Waals surface area (Å²) in [7, 11) is 4.00. The van der Waals surface area contributed by atoms with Gasteiger partial charge in [0.15, 0.2) is 16.6 Å². The third kappa shape index (κ3) is 5.32. The van der Waals surface area contributed by atoms with Gasteiger partial charge in [-0.05, 0) is 56.6 Å².